The Kier molecular flexibility index (Phi) is 8.48. The van der Waals surface area contributed by atoms with E-state index >= 15 is 0 Å². The van der Waals surface area contributed by atoms with Gasteiger partial charge in [-0.25, -0.2) is 0 Å². The molecule has 4 aromatic rings. The van der Waals surface area contributed by atoms with Gasteiger partial charge in [-0.3, -0.25) is 9.48 Å². The lowest BCUT2D eigenvalue weighted by atomic mass is 10.1. The Morgan fingerprint density at radius 3 is 2.47 bits per heavy atom. The number of benzene rings is 3. The van der Waals surface area contributed by atoms with Crippen molar-refractivity contribution in [2.24, 2.45) is 0 Å². The fraction of sp³-hybridized carbons (Fsp3) is 0.226. The van der Waals surface area contributed by atoms with Crippen LogP contribution in [0.2, 0.25) is 0 Å². The molecule has 7 nitrogen and oxygen atoms in total. The monoisotopic (exact) mass is 511 g/mol. The standard InChI is InChI=1S/C31H33N3O4/c1-21-9-13-27(14-10-21)38-20-26-17-24(11-15-29(26)37-5)12-16-30(35)32-31-22(2)33-34(23(31)3)19-25-7-6-8-28(18-25)36-4/h6-18H,19-20H2,1-5H3,(H,32,35)/b16-12+. The second kappa shape index (κ2) is 12.1. The van der Waals surface area contributed by atoms with Crippen molar-refractivity contribution < 1.29 is 19.0 Å². The number of aromatic nitrogens is 2. The number of methoxy groups -OCH3 is 2. The van der Waals surface area contributed by atoms with Gasteiger partial charge < -0.3 is 19.5 Å². The van der Waals surface area contributed by atoms with Crippen LogP contribution in [0, 0.1) is 20.8 Å². The summed E-state index contributed by atoms with van der Waals surface area (Å²) < 4.78 is 18.6. The third kappa shape index (κ3) is 6.62. The Labute approximate surface area is 223 Å². The maximum absolute atomic E-state index is 12.8. The molecule has 3 aromatic carbocycles. The van der Waals surface area contributed by atoms with E-state index in [0.29, 0.717) is 18.8 Å². The molecule has 0 aliphatic rings. The molecule has 0 atom stereocenters. The molecule has 0 spiro atoms. The molecule has 1 N–H and O–H groups in total. The third-order valence-electron chi connectivity index (χ3n) is 6.24. The SMILES string of the molecule is COc1cccc(Cn2nc(C)c(NC(=O)/C=C/c3ccc(OC)c(COc4ccc(C)cc4)c3)c2C)c1. The van der Waals surface area contributed by atoms with Gasteiger partial charge in [-0.15, -0.1) is 0 Å². The van der Waals surface area contributed by atoms with E-state index in [1.165, 1.54) is 11.6 Å². The van der Waals surface area contributed by atoms with Gasteiger partial charge in [0.2, 0.25) is 5.91 Å². The highest BCUT2D eigenvalue weighted by Crippen LogP contribution is 2.24. The fourth-order valence-electron chi connectivity index (χ4n) is 4.12. The van der Waals surface area contributed by atoms with Gasteiger partial charge in [0.15, 0.2) is 0 Å². The molecule has 0 radical (unpaired) electrons. The van der Waals surface area contributed by atoms with Gasteiger partial charge in [-0.2, -0.15) is 5.10 Å². The zero-order chi connectivity index (χ0) is 27.1. The summed E-state index contributed by atoms with van der Waals surface area (Å²) in [5.74, 6) is 2.08. The molecule has 0 fully saturated rings. The van der Waals surface area contributed by atoms with Gasteiger partial charge in [0.05, 0.1) is 37.8 Å². The molecule has 1 amide bonds. The number of ether oxygens (including phenoxy) is 3. The number of rotatable bonds is 10. The van der Waals surface area contributed by atoms with Crippen molar-refractivity contribution >= 4 is 17.7 Å². The maximum atomic E-state index is 12.8. The lowest BCUT2D eigenvalue weighted by molar-refractivity contribution is -0.111. The molecule has 7 heteroatoms. The summed E-state index contributed by atoms with van der Waals surface area (Å²) in [6.45, 7) is 6.80. The number of aryl methyl sites for hydroxylation is 2. The molecule has 1 aromatic heterocycles. The molecule has 4 rings (SSSR count). The lowest BCUT2D eigenvalue weighted by Gasteiger charge is -2.11. The van der Waals surface area contributed by atoms with Crippen LogP contribution in [0.1, 0.15) is 33.6 Å². The predicted octanol–water partition coefficient (Wildman–Crippen LogP) is 6.10. The third-order valence-corrected chi connectivity index (χ3v) is 6.24. The van der Waals surface area contributed by atoms with Crippen LogP contribution in [-0.2, 0) is 17.9 Å². The molecule has 196 valence electrons. The second-order valence-electron chi connectivity index (χ2n) is 9.05. The normalized spacial score (nSPS) is 11.0. The Hall–Kier alpha value is -4.52. The number of carbonyl (C=O) groups excluding carboxylic acids is 1. The summed E-state index contributed by atoms with van der Waals surface area (Å²) in [6.07, 6.45) is 3.29. The minimum Gasteiger partial charge on any atom is -0.497 e. The molecule has 38 heavy (non-hydrogen) atoms. The van der Waals surface area contributed by atoms with Crippen LogP contribution in [0.3, 0.4) is 0 Å². The Morgan fingerprint density at radius 1 is 0.947 bits per heavy atom. The molecule has 0 bridgehead atoms. The van der Waals surface area contributed by atoms with Crippen LogP contribution < -0.4 is 19.5 Å². The second-order valence-corrected chi connectivity index (χ2v) is 9.05. The molecule has 0 saturated carbocycles. The molecule has 1 heterocycles. The van der Waals surface area contributed by atoms with E-state index in [0.717, 1.165) is 45.3 Å². The lowest BCUT2D eigenvalue weighted by Crippen LogP contribution is -2.10. The summed E-state index contributed by atoms with van der Waals surface area (Å²) in [5.41, 5.74) is 6.35. The van der Waals surface area contributed by atoms with Crippen LogP contribution in [0.15, 0.2) is 72.8 Å². The minimum atomic E-state index is -0.231. The Morgan fingerprint density at radius 2 is 1.74 bits per heavy atom. The Bertz CT molecular complexity index is 1440. The van der Waals surface area contributed by atoms with Crippen LogP contribution >= 0.6 is 0 Å². The minimum absolute atomic E-state index is 0.231. The van der Waals surface area contributed by atoms with Crippen molar-refractivity contribution in [2.45, 2.75) is 33.9 Å². The zero-order valence-corrected chi connectivity index (χ0v) is 22.4. The molecule has 0 aliphatic heterocycles. The summed E-state index contributed by atoms with van der Waals surface area (Å²) in [5, 5.41) is 7.61. The molecule has 0 aliphatic carbocycles. The van der Waals surface area contributed by atoms with Gasteiger partial charge in [-0.1, -0.05) is 35.9 Å². The maximum Gasteiger partial charge on any atom is 0.248 e. The van der Waals surface area contributed by atoms with E-state index < -0.39 is 0 Å². The first-order valence-electron chi connectivity index (χ1n) is 12.4. The van der Waals surface area contributed by atoms with Crippen molar-refractivity contribution in [1.29, 1.82) is 0 Å². The first kappa shape index (κ1) is 26.5. The number of nitrogens with zero attached hydrogens (tertiary/aromatic N) is 2. The van der Waals surface area contributed by atoms with Gasteiger partial charge >= 0.3 is 0 Å². The Balaban J connectivity index is 1.43. The number of hydrogen-bond acceptors (Lipinski definition) is 5. The quantitative estimate of drug-likeness (QED) is 0.260. The van der Waals surface area contributed by atoms with Crippen LogP contribution in [0.4, 0.5) is 5.69 Å². The fourth-order valence-corrected chi connectivity index (χ4v) is 4.12. The van der Waals surface area contributed by atoms with E-state index in [1.54, 1.807) is 20.3 Å². The average Bonchev–Trinajstić information content (AvgIpc) is 3.18. The van der Waals surface area contributed by atoms with E-state index in [2.05, 4.69) is 10.4 Å². The topological polar surface area (TPSA) is 74.6 Å². The van der Waals surface area contributed by atoms with Crippen molar-refractivity contribution in [3.05, 3.63) is 106 Å². The van der Waals surface area contributed by atoms with Crippen LogP contribution in [0.25, 0.3) is 6.08 Å². The first-order valence-corrected chi connectivity index (χ1v) is 12.4. The van der Waals surface area contributed by atoms with Crippen molar-refractivity contribution in [1.82, 2.24) is 9.78 Å². The number of nitrogens with one attached hydrogen (secondary N) is 1. The number of anilines is 1. The summed E-state index contributed by atoms with van der Waals surface area (Å²) >= 11 is 0. The van der Waals surface area contributed by atoms with Gasteiger partial charge in [-0.05, 0) is 74.4 Å². The van der Waals surface area contributed by atoms with E-state index in [-0.39, 0.29) is 5.91 Å². The largest absolute Gasteiger partial charge is 0.497 e. The van der Waals surface area contributed by atoms with Gasteiger partial charge in [0.1, 0.15) is 23.9 Å². The van der Waals surface area contributed by atoms with Crippen molar-refractivity contribution in [2.75, 3.05) is 19.5 Å². The molecule has 0 unspecified atom stereocenters. The van der Waals surface area contributed by atoms with Crippen molar-refractivity contribution in [3.63, 3.8) is 0 Å². The van der Waals surface area contributed by atoms with E-state index in [9.17, 15) is 4.79 Å². The smallest absolute Gasteiger partial charge is 0.248 e. The molecular formula is C31H33N3O4. The van der Waals surface area contributed by atoms with Gasteiger partial charge in [0.25, 0.3) is 0 Å². The summed E-state index contributed by atoms with van der Waals surface area (Å²) in [6, 6.07) is 21.5. The number of hydrogen-bond donors (Lipinski definition) is 1. The van der Waals surface area contributed by atoms with Crippen LogP contribution in [0.5, 0.6) is 17.2 Å². The van der Waals surface area contributed by atoms with Gasteiger partial charge in [0, 0.05) is 11.6 Å². The molecular weight excluding hydrogens is 478 g/mol. The highest BCUT2D eigenvalue weighted by atomic mass is 16.5. The number of amides is 1. The first-order chi connectivity index (χ1) is 18.4. The van der Waals surface area contributed by atoms with E-state index in [4.69, 9.17) is 14.2 Å². The van der Waals surface area contributed by atoms with Crippen LogP contribution in [-0.4, -0.2) is 29.9 Å². The van der Waals surface area contributed by atoms with Crippen molar-refractivity contribution in [3.8, 4) is 17.2 Å². The summed E-state index contributed by atoms with van der Waals surface area (Å²) in [4.78, 5) is 12.8. The highest BCUT2D eigenvalue weighted by molar-refractivity contribution is 6.02. The average molecular weight is 512 g/mol. The zero-order valence-electron chi connectivity index (χ0n) is 22.4. The predicted molar refractivity (Wildman–Crippen MR) is 150 cm³/mol. The molecule has 0 saturated heterocycles. The number of carbonyl (C=O) groups is 1. The highest BCUT2D eigenvalue weighted by Gasteiger charge is 2.14. The van der Waals surface area contributed by atoms with E-state index in [1.807, 2.05) is 92.2 Å². The summed E-state index contributed by atoms with van der Waals surface area (Å²) in [7, 11) is 3.28.